The number of hydrogen-bond donors (Lipinski definition) is 1. The molecule has 0 aromatic carbocycles. The molecule has 3 rings (SSSR count). The molecule has 1 aliphatic heterocycles. The van der Waals surface area contributed by atoms with Gasteiger partial charge in [-0.2, -0.15) is 0 Å². The minimum atomic E-state index is -1.09. The van der Waals surface area contributed by atoms with Crippen LogP contribution in [0.15, 0.2) is 30.7 Å². The highest BCUT2D eigenvalue weighted by atomic mass is 16.4. The lowest BCUT2D eigenvalue weighted by atomic mass is 9.92. The number of likely N-dealkylation sites (tertiary alicyclic amines) is 1. The number of fused-ring (bicyclic) bond motifs is 1. The third-order valence-electron chi connectivity index (χ3n) is 4.45. The van der Waals surface area contributed by atoms with Crippen LogP contribution >= 0.6 is 0 Å². The summed E-state index contributed by atoms with van der Waals surface area (Å²) >= 11 is 0. The van der Waals surface area contributed by atoms with E-state index in [0.717, 1.165) is 5.39 Å². The Labute approximate surface area is 127 Å². The highest BCUT2D eigenvalue weighted by molar-refractivity contribution is 6.00. The van der Waals surface area contributed by atoms with Crippen molar-refractivity contribution in [3.63, 3.8) is 0 Å². The predicted octanol–water partition coefficient (Wildman–Crippen LogP) is 2.10. The molecule has 0 radical (unpaired) electrons. The van der Waals surface area contributed by atoms with Crippen molar-refractivity contribution in [1.82, 2.24) is 14.9 Å². The summed E-state index contributed by atoms with van der Waals surface area (Å²) < 4.78 is 0. The number of pyridine rings is 2. The average molecular weight is 299 g/mol. The minimum Gasteiger partial charge on any atom is -0.479 e. The van der Waals surface area contributed by atoms with Crippen molar-refractivity contribution in [1.29, 1.82) is 0 Å². The van der Waals surface area contributed by atoms with E-state index in [1.807, 2.05) is 6.92 Å². The van der Waals surface area contributed by atoms with Crippen molar-refractivity contribution >= 4 is 22.8 Å². The van der Waals surface area contributed by atoms with Gasteiger partial charge in [0.25, 0.3) is 5.91 Å². The van der Waals surface area contributed by atoms with Gasteiger partial charge < -0.3 is 10.0 Å². The summed E-state index contributed by atoms with van der Waals surface area (Å²) in [7, 11) is 0. The normalized spacial score (nSPS) is 21.2. The van der Waals surface area contributed by atoms with E-state index in [1.165, 1.54) is 11.1 Å². The zero-order chi connectivity index (χ0) is 15.7. The Balaban J connectivity index is 1.99. The van der Waals surface area contributed by atoms with Gasteiger partial charge in [-0.15, -0.1) is 0 Å². The summed E-state index contributed by atoms with van der Waals surface area (Å²) in [6.07, 6.45) is 6.37. The number of carboxylic acid groups (broad SMARTS) is 1. The maximum atomic E-state index is 12.8. The van der Waals surface area contributed by atoms with Gasteiger partial charge in [0.2, 0.25) is 0 Å². The molecule has 1 unspecified atom stereocenters. The van der Waals surface area contributed by atoms with E-state index in [-0.39, 0.29) is 5.91 Å². The van der Waals surface area contributed by atoms with Gasteiger partial charge in [0.1, 0.15) is 5.54 Å². The number of nitrogens with zero attached hydrogens (tertiary/aromatic N) is 3. The second-order valence-corrected chi connectivity index (χ2v) is 5.54. The third-order valence-corrected chi connectivity index (χ3v) is 4.45. The van der Waals surface area contributed by atoms with Crippen LogP contribution in [-0.2, 0) is 4.79 Å². The van der Waals surface area contributed by atoms with Crippen LogP contribution in [0.4, 0.5) is 0 Å². The second-order valence-electron chi connectivity index (χ2n) is 5.54. The Morgan fingerprint density at radius 1 is 1.41 bits per heavy atom. The first-order chi connectivity index (χ1) is 10.6. The van der Waals surface area contributed by atoms with Crippen molar-refractivity contribution in [3.8, 4) is 0 Å². The minimum absolute atomic E-state index is 0.270. The first-order valence-electron chi connectivity index (χ1n) is 7.33. The van der Waals surface area contributed by atoms with Crippen molar-refractivity contribution in [2.45, 2.75) is 31.7 Å². The lowest BCUT2D eigenvalue weighted by Gasteiger charge is -2.33. The summed E-state index contributed by atoms with van der Waals surface area (Å²) in [4.78, 5) is 34.2. The van der Waals surface area contributed by atoms with Crippen LogP contribution in [0, 0.1) is 0 Å². The van der Waals surface area contributed by atoms with Gasteiger partial charge >= 0.3 is 5.97 Å². The Morgan fingerprint density at radius 2 is 2.23 bits per heavy atom. The van der Waals surface area contributed by atoms with E-state index in [9.17, 15) is 14.7 Å². The molecule has 1 amide bonds. The zero-order valence-electron chi connectivity index (χ0n) is 12.3. The molecule has 0 bridgehead atoms. The lowest BCUT2D eigenvalue weighted by molar-refractivity contribution is -0.148. The van der Waals surface area contributed by atoms with Gasteiger partial charge in [-0.1, -0.05) is 6.92 Å². The molecular weight excluding hydrogens is 282 g/mol. The van der Waals surface area contributed by atoms with Crippen molar-refractivity contribution in [3.05, 3.63) is 36.3 Å². The molecule has 114 valence electrons. The van der Waals surface area contributed by atoms with Crippen molar-refractivity contribution in [2.24, 2.45) is 0 Å². The smallest absolute Gasteiger partial charge is 0.329 e. The number of amides is 1. The molecule has 6 heteroatoms. The maximum Gasteiger partial charge on any atom is 0.329 e. The number of carboxylic acids is 1. The van der Waals surface area contributed by atoms with Crippen molar-refractivity contribution in [2.75, 3.05) is 6.54 Å². The van der Waals surface area contributed by atoms with Crippen LogP contribution in [0.2, 0.25) is 0 Å². The zero-order valence-corrected chi connectivity index (χ0v) is 12.3. The molecule has 1 aliphatic rings. The molecule has 6 nitrogen and oxygen atoms in total. The summed E-state index contributed by atoms with van der Waals surface area (Å²) in [5, 5.41) is 10.4. The van der Waals surface area contributed by atoms with Gasteiger partial charge in [-0.25, -0.2) is 4.79 Å². The number of aliphatic carboxylic acids is 1. The average Bonchev–Trinajstić information content (AvgIpc) is 2.99. The lowest BCUT2D eigenvalue weighted by Crippen LogP contribution is -2.52. The van der Waals surface area contributed by atoms with Crippen molar-refractivity contribution < 1.29 is 14.7 Å². The number of hydrogen-bond acceptors (Lipinski definition) is 4. The highest BCUT2D eigenvalue weighted by Gasteiger charge is 2.48. The molecular formula is C16H17N3O3. The van der Waals surface area contributed by atoms with Crippen LogP contribution in [0.3, 0.4) is 0 Å². The fourth-order valence-electron chi connectivity index (χ4n) is 3.16. The molecule has 0 spiro atoms. The fourth-order valence-corrected chi connectivity index (χ4v) is 3.16. The molecule has 1 N–H and O–H groups in total. The second kappa shape index (κ2) is 5.36. The molecule has 2 aromatic heterocycles. The summed E-state index contributed by atoms with van der Waals surface area (Å²) in [6, 6.07) is 3.53. The number of carbonyl (C=O) groups excluding carboxylic acids is 1. The Morgan fingerprint density at radius 3 is 2.95 bits per heavy atom. The highest BCUT2D eigenvalue weighted by Crippen LogP contribution is 2.34. The summed E-state index contributed by atoms with van der Waals surface area (Å²) in [5.74, 6) is -1.20. The monoisotopic (exact) mass is 299 g/mol. The van der Waals surface area contributed by atoms with E-state index in [2.05, 4.69) is 9.97 Å². The van der Waals surface area contributed by atoms with Crippen LogP contribution in [-0.4, -0.2) is 43.9 Å². The number of aromatic nitrogens is 2. The SMILES string of the molecule is CCC1(C(=O)O)CCCN1C(=O)c1cnc2cnccc2c1. The molecule has 3 heterocycles. The van der Waals surface area contributed by atoms with E-state index >= 15 is 0 Å². The Hall–Kier alpha value is -2.50. The first-order valence-corrected chi connectivity index (χ1v) is 7.33. The third kappa shape index (κ3) is 2.11. The van der Waals surface area contributed by atoms with E-state index < -0.39 is 11.5 Å². The van der Waals surface area contributed by atoms with Gasteiger partial charge in [0.05, 0.1) is 17.3 Å². The molecule has 22 heavy (non-hydrogen) atoms. The number of carbonyl (C=O) groups is 2. The Bertz CT molecular complexity index is 746. The van der Waals surface area contributed by atoms with Crippen LogP contribution in [0.1, 0.15) is 36.5 Å². The molecule has 1 fully saturated rings. The van der Waals surface area contributed by atoms with E-state index in [0.29, 0.717) is 36.9 Å². The van der Waals surface area contributed by atoms with Crippen LogP contribution in [0.25, 0.3) is 10.9 Å². The standard InChI is InChI=1S/C16H17N3O3/c1-2-16(15(21)22)5-3-7-19(16)14(20)12-8-11-4-6-17-10-13(11)18-9-12/h4,6,8-10H,2-3,5,7H2,1H3,(H,21,22). The summed E-state index contributed by atoms with van der Waals surface area (Å²) in [6.45, 7) is 2.28. The van der Waals surface area contributed by atoms with Crippen LogP contribution < -0.4 is 0 Å². The van der Waals surface area contributed by atoms with Gasteiger partial charge in [-0.3, -0.25) is 14.8 Å². The van der Waals surface area contributed by atoms with E-state index in [1.54, 1.807) is 24.5 Å². The van der Waals surface area contributed by atoms with Gasteiger partial charge in [0, 0.05) is 24.3 Å². The number of rotatable bonds is 3. The fraction of sp³-hybridized carbons (Fsp3) is 0.375. The molecule has 0 saturated carbocycles. The predicted molar refractivity (Wildman–Crippen MR) is 80.5 cm³/mol. The maximum absolute atomic E-state index is 12.8. The molecule has 1 saturated heterocycles. The van der Waals surface area contributed by atoms with Crippen LogP contribution in [0.5, 0.6) is 0 Å². The van der Waals surface area contributed by atoms with Gasteiger partial charge in [-0.05, 0) is 31.4 Å². The van der Waals surface area contributed by atoms with Gasteiger partial charge in [0.15, 0.2) is 0 Å². The quantitative estimate of drug-likeness (QED) is 0.938. The molecule has 2 aromatic rings. The first kappa shape index (κ1) is 14.4. The molecule has 0 aliphatic carbocycles. The molecule has 1 atom stereocenters. The summed E-state index contributed by atoms with van der Waals surface area (Å²) in [5.41, 5.74) is 0.0322. The largest absolute Gasteiger partial charge is 0.479 e. The van der Waals surface area contributed by atoms with E-state index in [4.69, 9.17) is 0 Å². The topological polar surface area (TPSA) is 83.4 Å². The Kier molecular flexibility index (Phi) is 3.52.